The summed E-state index contributed by atoms with van der Waals surface area (Å²) in [5.41, 5.74) is 0. The zero-order chi connectivity index (χ0) is 13.5. The Labute approximate surface area is 112 Å². The van der Waals surface area contributed by atoms with Crippen LogP contribution in [0.1, 0.15) is 84.0 Å². The van der Waals surface area contributed by atoms with Crippen LogP contribution in [-0.2, 0) is 0 Å². The third-order valence-electron chi connectivity index (χ3n) is 3.26. The zero-order valence-electron chi connectivity index (χ0n) is 12.0. The first-order valence-electron chi connectivity index (χ1n) is 7.67. The van der Waals surface area contributed by atoms with Gasteiger partial charge >= 0.3 is 6.09 Å². The molecule has 0 aliphatic heterocycles. The van der Waals surface area contributed by atoms with Gasteiger partial charge in [0.25, 0.3) is 0 Å². The molecule has 0 rings (SSSR count). The van der Waals surface area contributed by atoms with Crippen LogP contribution in [0.2, 0.25) is 0 Å². The van der Waals surface area contributed by atoms with E-state index in [2.05, 4.69) is 12.2 Å². The number of nitrogens with zero attached hydrogens (tertiary/aromatic N) is 1. The minimum atomic E-state index is -1.03. The monoisotopic (exact) mass is 256 g/mol. The summed E-state index contributed by atoms with van der Waals surface area (Å²) in [5.74, 6) is 0. The fraction of sp³-hybridized carbons (Fsp3) is 0.933. The summed E-state index contributed by atoms with van der Waals surface area (Å²) in [5, 5.41) is 11.7. The van der Waals surface area contributed by atoms with Crippen LogP contribution >= 0.6 is 0 Å². The molecule has 0 aromatic heterocycles. The number of amides is 1. The molecule has 1 N–H and O–H groups in total. The number of carbonyl (C=O) groups is 1. The van der Waals surface area contributed by atoms with E-state index < -0.39 is 6.09 Å². The number of hydrogen-bond acceptors (Lipinski definition) is 1. The molecule has 1 amide bonds. The van der Waals surface area contributed by atoms with Crippen molar-refractivity contribution < 1.29 is 9.90 Å². The van der Waals surface area contributed by atoms with Crippen molar-refractivity contribution in [2.24, 2.45) is 0 Å². The standard InChI is InChI=1S/C15H30NO2/c1-2-3-4-5-6-7-8-9-10-11-12-13-14-16-15(17)18/h2-14H2,1H3,(H,17,18). The second-order valence-corrected chi connectivity index (χ2v) is 5.05. The van der Waals surface area contributed by atoms with E-state index in [4.69, 9.17) is 5.11 Å². The number of rotatable bonds is 13. The maximum absolute atomic E-state index is 10.1. The predicted octanol–water partition coefficient (Wildman–Crippen LogP) is 4.97. The highest BCUT2D eigenvalue weighted by Gasteiger charge is 1.96. The summed E-state index contributed by atoms with van der Waals surface area (Å²) in [6.07, 6.45) is 14.6. The second kappa shape index (κ2) is 14.3. The normalized spacial score (nSPS) is 10.5. The Balaban J connectivity index is 2.92. The van der Waals surface area contributed by atoms with Crippen molar-refractivity contribution in [1.29, 1.82) is 0 Å². The summed E-state index contributed by atoms with van der Waals surface area (Å²) in [6, 6.07) is 0. The molecular formula is C15H30NO2. The van der Waals surface area contributed by atoms with E-state index in [1.807, 2.05) is 0 Å². The highest BCUT2D eigenvalue weighted by Crippen LogP contribution is 2.11. The Morgan fingerprint density at radius 2 is 1.17 bits per heavy atom. The molecule has 0 saturated heterocycles. The van der Waals surface area contributed by atoms with Gasteiger partial charge in [-0.2, -0.15) is 0 Å². The van der Waals surface area contributed by atoms with Crippen LogP contribution in [0.4, 0.5) is 4.79 Å². The van der Waals surface area contributed by atoms with E-state index in [-0.39, 0.29) is 0 Å². The first-order valence-corrected chi connectivity index (χ1v) is 7.67. The molecule has 0 aliphatic rings. The molecule has 107 valence electrons. The average Bonchev–Trinajstić information content (AvgIpc) is 2.34. The molecule has 1 radical (unpaired) electrons. The van der Waals surface area contributed by atoms with Gasteiger partial charge in [0.15, 0.2) is 0 Å². The van der Waals surface area contributed by atoms with Gasteiger partial charge in [0.1, 0.15) is 0 Å². The molecular weight excluding hydrogens is 226 g/mol. The van der Waals surface area contributed by atoms with Gasteiger partial charge in [-0.25, -0.2) is 10.1 Å². The number of carboxylic acid groups (broad SMARTS) is 1. The lowest BCUT2D eigenvalue weighted by atomic mass is 10.1. The van der Waals surface area contributed by atoms with Crippen molar-refractivity contribution in [3.63, 3.8) is 0 Å². The van der Waals surface area contributed by atoms with Gasteiger partial charge in [-0.3, -0.25) is 0 Å². The SMILES string of the molecule is CCCCCCCCCCCCCC[N]C(=O)O. The molecule has 0 atom stereocenters. The first kappa shape index (κ1) is 17.3. The van der Waals surface area contributed by atoms with Gasteiger partial charge in [0.05, 0.1) is 0 Å². The molecule has 3 nitrogen and oxygen atoms in total. The zero-order valence-corrected chi connectivity index (χ0v) is 12.0. The highest BCUT2D eigenvalue weighted by atomic mass is 16.4. The predicted molar refractivity (Wildman–Crippen MR) is 76.1 cm³/mol. The van der Waals surface area contributed by atoms with Crippen molar-refractivity contribution >= 4 is 6.09 Å². The van der Waals surface area contributed by atoms with Crippen molar-refractivity contribution in [3.05, 3.63) is 0 Å². The quantitative estimate of drug-likeness (QED) is 0.473. The first-order chi connectivity index (χ1) is 8.77. The lowest BCUT2D eigenvalue weighted by molar-refractivity contribution is 0.193. The van der Waals surface area contributed by atoms with E-state index >= 15 is 0 Å². The number of hydrogen-bond donors (Lipinski definition) is 1. The fourth-order valence-electron chi connectivity index (χ4n) is 2.13. The molecule has 0 unspecified atom stereocenters. The molecule has 0 heterocycles. The highest BCUT2D eigenvalue weighted by molar-refractivity contribution is 5.63. The Hall–Kier alpha value is -0.730. The van der Waals surface area contributed by atoms with Gasteiger partial charge in [-0.05, 0) is 6.42 Å². The smallest absolute Gasteiger partial charge is 0.426 e. The van der Waals surface area contributed by atoms with Crippen molar-refractivity contribution in [1.82, 2.24) is 5.32 Å². The molecule has 0 aliphatic carbocycles. The molecule has 18 heavy (non-hydrogen) atoms. The van der Waals surface area contributed by atoms with Gasteiger partial charge in [0, 0.05) is 6.54 Å². The van der Waals surface area contributed by atoms with Crippen LogP contribution < -0.4 is 5.32 Å². The summed E-state index contributed by atoms with van der Waals surface area (Å²) in [6.45, 7) is 2.73. The average molecular weight is 256 g/mol. The molecule has 0 bridgehead atoms. The van der Waals surface area contributed by atoms with E-state index in [0.717, 1.165) is 12.8 Å². The lowest BCUT2D eigenvalue weighted by Crippen LogP contribution is -2.13. The Bertz CT molecular complexity index is 183. The van der Waals surface area contributed by atoms with Crippen LogP contribution in [0.25, 0.3) is 0 Å². The van der Waals surface area contributed by atoms with E-state index in [9.17, 15) is 4.79 Å². The third-order valence-corrected chi connectivity index (χ3v) is 3.26. The van der Waals surface area contributed by atoms with Crippen LogP contribution in [-0.4, -0.2) is 17.7 Å². The summed E-state index contributed by atoms with van der Waals surface area (Å²) >= 11 is 0. The topological polar surface area (TPSA) is 51.4 Å². The van der Waals surface area contributed by atoms with Crippen molar-refractivity contribution in [2.75, 3.05) is 6.54 Å². The second-order valence-electron chi connectivity index (χ2n) is 5.05. The number of unbranched alkanes of at least 4 members (excludes halogenated alkanes) is 11. The molecule has 0 spiro atoms. The fourth-order valence-corrected chi connectivity index (χ4v) is 2.13. The van der Waals surface area contributed by atoms with E-state index in [1.165, 1.54) is 64.2 Å². The minimum absolute atomic E-state index is 0.479. The van der Waals surface area contributed by atoms with Crippen LogP contribution in [0.15, 0.2) is 0 Å². The van der Waals surface area contributed by atoms with Crippen molar-refractivity contribution in [2.45, 2.75) is 84.0 Å². The van der Waals surface area contributed by atoms with Crippen molar-refractivity contribution in [3.8, 4) is 0 Å². The van der Waals surface area contributed by atoms with E-state index in [0.29, 0.717) is 6.54 Å². The van der Waals surface area contributed by atoms with E-state index in [1.54, 1.807) is 0 Å². The van der Waals surface area contributed by atoms with Gasteiger partial charge in [0.2, 0.25) is 0 Å². The summed E-state index contributed by atoms with van der Waals surface area (Å²) in [7, 11) is 0. The van der Waals surface area contributed by atoms with Gasteiger partial charge in [-0.1, -0.05) is 77.6 Å². The van der Waals surface area contributed by atoms with Crippen LogP contribution in [0.3, 0.4) is 0 Å². The molecule has 0 aromatic carbocycles. The maximum atomic E-state index is 10.1. The largest absolute Gasteiger partial charge is 0.464 e. The Morgan fingerprint density at radius 3 is 1.56 bits per heavy atom. The molecule has 0 saturated carbocycles. The van der Waals surface area contributed by atoms with Crippen LogP contribution in [0, 0.1) is 0 Å². The van der Waals surface area contributed by atoms with Gasteiger partial charge < -0.3 is 5.11 Å². The molecule has 0 fully saturated rings. The Kier molecular flexibility index (Phi) is 13.8. The van der Waals surface area contributed by atoms with Crippen LogP contribution in [0.5, 0.6) is 0 Å². The summed E-state index contributed by atoms with van der Waals surface area (Å²) < 4.78 is 0. The summed E-state index contributed by atoms with van der Waals surface area (Å²) in [4.78, 5) is 10.1. The molecule has 0 aromatic rings. The third kappa shape index (κ3) is 15.3. The lowest BCUT2D eigenvalue weighted by Gasteiger charge is -2.02. The minimum Gasteiger partial charge on any atom is -0.464 e. The Morgan fingerprint density at radius 1 is 0.778 bits per heavy atom. The van der Waals surface area contributed by atoms with Gasteiger partial charge in [-0.15, -0.1) is 0 Å². The maximum Gasteiger partial charge on any atom is 0.426 e. The molecule has 3 heteroatoms.